The van der Waals surface area contributed by atoms with Gasteiger partial charge in [-0.3, -0.25) is 14.4 Å². The average molecular weight is 371 g/mol. The lowest BCUT2D eigenvalue weighted by molar-refractivity contribution is -0.125. The van der Waals surface area contributed by atoms with Crippen LogP contribution in [0.1, 0.15) is 29.3 Å². The molecule has 0 heterocycles. The number of amides is 2. The van der Waals surface area contributed by atoms with Gasteiger partial charge in [-0.25, -0.2) is 0 Å². The Morgan fingerprint density at radius 2 is 1.77 bits per heavy atom. The van der Waals surface area contributed by atoms with E-state index in [1.54, 1.807) is 30.3 Å². The number of Topliss-reactive ketones (excluding diaryl/α,β-unsaturated/α-hetero) is 1. The second kappa shape index (κ2) is 7.70. The van der Waals surface area contributed by atoms with Gasteiger partial charge in [0, 0.05) is 22.8 Å². The molecule has 1 fully saturated rings. The first-order chi connectivity index (χ1) is 12.5. The van der Waals surface area contributed by atoms with E-state index in [0.717, 1.165) is 5.56 Å². The summed E-state index contributed by atoms with van der Waals surface area (Å²) < 4.78 is 0. The fourth-order valence-electron chi connectivity index (χ4n) is 2.78. The van der Waals surface area contributed by atoms with Crippen molar-refractivity contribution in [2.75, 3.05) is 5.32 Å². The molecule has 1 saturated carbocycles. The van der Waals surface area contributed by atoms with E-state index >= 15 is 0 Å². The second-order valence-electron chi connectivity index (χ2n) is 6.38. The number of ketones is 1. The molecular weight excluding hydrogens is 352 g/mol. The van der Waals surface area contributed by atoms with Crippen molar-refractivity contribution in [3.63, 3.8) is 0 Å². The third kappa shape index (κ3) is 4.29. The fourth-order valence-corrected chi connectivity index (χ4v) is 2.98. The summed E-state index contributed by atoms with van der Waals surface area (Å²) in [4.78, 5) is 35.9. The van der Waals surface area contributed by atoms with E-state index in [1.807, 2.05) is 18.2 Å². The normalized spacial score (nSPS) is 18.1. The predicted molar refractivity (Wildman–Crippen MR) is 100.0 cm³/mol. The van der Waals surface area contributed by atoms with Crippen molar-refractivity contribution >= 4 is 34.9 Å². The molecule has 2 unspecified atom stereocenters. The summed E-state index contributed by atoms with van der Waals surface area (Å²) in [7, 11) is 0. The molecule has 0 radical (unpaired) electrons. The van der Waals surface area contributed by atoms with Crippen molar-refractivity contribution in [3.05, 3.63) is 64.7 Å². The smallest absolute Gasteiger partial charge is 0.228 e. The quantitative estimate of drug-likeness (QED) is 0.765. The van der Waals surface area contributed by atoms with Gasteiger partial charge in [0.25, 0.3) is 0 Å². The Balaban J connectivity index is 1.52. The lowest BCUT2D eigenvalue weighted by Crippen LogP contribution is -2.27. The van der Waals surface area contributed by atoms with E-state index in [-0.39, 0.29) is 29.4 Å². The van der Waals surface area contributed by atoms with Crippen LogP contribution in [0.25, 0.3) is 0 Å². The highest BCUT2D eigenvalue weighted by atomic mass is 35.5. The number of rotatable bonds is 6. The van der Waals surface area contributed by atoms with Gasteiger partial charge in [0.15, 0.2) is 5.78 Å². The van der Waals surface area contributed by atoms with E-state index in [1.165, 1.54) is 6.92 Å². The van der Waals surface area contributed by atoms with E-state index in [0.29, 0.717) is 29.2 Å². The van der Waals surface area contributed by atoms with Crippen LogP contribution in [0.5, 0.6) is 0 Å². The number of hydrogen-bond acceptors (Lipinski definition) is 3. The third-order valence-electron chi connectivity index (χ3n) is 4.41. The summed E-state index contributed by atoms with van der Waals surface area (Å²) in [6, 6.07) is 14.1. The molecule has 0 aliphatic heterocycles. The van der Waals surface area contributed by atoms with Crippen LogP contribution < -0.4 is 10.6 Å². The topological polar surface area (TPSA) is 75.3 Å². The summed E-state index contributed by atoms with van der Waals surface area (Å²) in [6.45, 7) is 1.81. The molecule has 0 saturated heterocycles. The van der Waals surface area contributed by atoms with Gasteiger partial charge in [-0.2, -0.15) is 0 Å². The summed E-state index contributed by atoms with van der Waals surface area (Å²) in [5.74, 6) is -1.09. The summed E-state index contributed by atoms with van der Waals surface area (Å²) in [5, 5.41) is 6.20. The molecule has 134 valence electrons. The van der Waals surface area contributed by atoms with Gasteiger partial charge in [-0.15, -0.1) is 0 Å². The number of carbonyl (C=O) groups excluding carboxylic acids is 3. The van der Waals surface area contributed by atoms with E-state index in [9.17, 15) is 14.4 Å². The molecular formula is C20H19ClN2O3. The molecule has 1 aliphatic carbocycles. The molecule has 3 rings (SSSR count). The maximum atomic E-state index is 12.3. The minimum absolute atomic E-state index is 0.0654. The van der Waals surface area contributed by atoms with Crippen molar-refractivity contribution < 1.29 is 14.4 Å². The largest absolute Gasteiger partial charge is 0.352 e. The molecule has 5 nitrogen and oxygen atoms in total. The van der Waals surface area contributed by atoms with Gasteiger partial charge in [-0.05, 0) is 37.1 Å². The monoisotopic (exact) mass is 370 g/mol. The predicted octanol–water partition coefficient (Wildman–Crippen LogP) is 3.43. The Hall–Kier alpha value is -2.66. The van der Waals surface area contributed by atoms with Crippen LogP contribution in [0.15, 0.2) is 48.5 Å². The van der Waals surface area contributed by atoms with Crippen molar-refractivity contribution in [3.8, 4) is 0 Å². The van der Waals surface area contributed by atoms with Crippen molar-refractivity contribution in [1.29, 1.82) is 0 Å². The van der Waals surface area contributed by atoms with E-state index in [2.05, 4.69) is 10.6 Å². The Morgan fingerprint density at radius 3 is 2.50 bits per heavy atom. The van der Waals surface area contributed by atoms with Gasteiger partial charge in [0.1, 0.15) is 0 Å². The highest BCUT2D eigenvalue weighted by Crippen LogP contribution is 2.39. The molecule has 2 N–H and O–H groups in total. The van der Waals surface area contributed by atoms with Crippen LogP contribution in [0, 0.1) is 11.8 Å². The number of carbonyl (C=O) groups is 3. The molecule has 0 bridgehead atoms. The molecule has 6 heteroatoms. The van der Waals surface area contributed by atoms with Gasteiger partial charge >= 0.3 is 0 Å². The third-order valence-corrected chi connectivity index (χ3v) is 4.78. The van der Waals surface area contributed by atoms with Crippen LogP contribution >= 0.6 is 11.6 Å². The summed E-state index contributed by atoms with van der Waals surface area (Å²) in [6.07, 6.45) is 0.520. The minimum atomic E-state index is -0.345. The zero-order chi connectivity index (χ0) is 18.7. The Labute approximate surface area is 156 Å². The number of hydrogen-bond donors (Lipinski definition) is 2. The number of halogens is 1. The lowest BCUT2D eigenvalue weighted by atomic mass is 10.1. The molecule has 0 aromatic heterocycles. The van der Waals surface area contributed by atoms with E-state index in [4.69, 9.17) is 11.6 Å². The lowest BCUT2D eigenvalue weighted by Gasteiger charge is -2.08. The first-order valence-corrected chi connectivity index (χ1v) is 8.76. The number of anilines is 1. The molecule has 0 spiro atoms. The first kappa shape index (κ1) is 18.1. The second-order valence-corrected chi connectivity index (χ2v) is 6.79. The van der Waals surface area contributed by atoms with Crippen LogP contribution in [0.2, 0.25) is 5.02 Å². The minimum Gasteiger partial charge on any atom is -0.352 e. The fraction of sp³-hybridized carbons (Fsp3) is 0.250. The van der Waals surface area contributed by atoms with Crippen LogP contribution in [-0.2, 0) is 16.1 Å². The van der Waals surface area contributed by atoms with Gasteiger partial charge in [-0.1, -0.05) is 41.9 Å². The average Bonchev–Trinajstić information content (AvgIpc) is 3.42. The van der Waals surface area contributed by atoms with E-state index < -0.39 is 0 Å². The summed E-state index contributed by atoms with van der Waals surface area (Å²) in [5.41, 5.74) is 1.93. The number of nitrogens with one attached hydrogen (secondary N) is 2. The Morgan fingerprint density at radius 1 is 1.04 bits per heavy atom. The van der Waals surface area contributed by atoms with Gasteiger partial charge < -0.3 is 10.6 Å². The molecule has 2 aromatic carbocycles. The zero-order valence-corrected chi connectivity index (χ0v) is 15.0. The maximum Gasteiger partial charge on any atom is 0.228 e. The zero-order valence-electron chi connectivity index (χ0n) is 14.3. The molecule has 2 aromatic rings. The van der Waals surface area contributed by atoms with Crippen molar-refractivity contribution in [1.82, 2.24) is 5.32 Å². The van der Waals surface area contributed by atoms with Crippen LogP contribution in [0.3, 0.4) is 0 Å². The van der Waals surface area contributed by atoms with Gasteiger partial charge in [0.05, 0.1) is 11.8 Å². The van der Waals surface area contributed by atoms with Crippen molar-refractivity contribution in [2.24, 2.45) is 11.8 Å². The SMILES string of the molecule is CC(=O)c1cccc(NC(=O)C2CC2C(=O)NCc2ccccc2Cl)c1. The molecule has 26 heavy (non-hydrogen) atoms. The molecule has 2 atom stereocenters. The number of benzene rings is 2. The highest BCUT2D eigenvalue weighted by molar-refractivity contribution is 6.31. The highest BCUT2D eigenvalue weighted by Gasteiger charge is 2.47. The Kier molecular flexibility index (Phi) is 5.38. The molecule has 2 amide bonds. The van der Waals surface area contributed by atoms with Crippen molar-refractivity contribution in [2.45, 2.75) is 19.9 Å². The summed E-state index contributed by atoms with van der Waals surface area (Å²) >= 11 is 6.07. The maximum absolute atomic E-state index is 12.3. The Bertz CT molecular complexity index is 866. The molecule has 1 aliphatic rings. The van der Waals surface area contributed by atoms with Crippen LogP contribution in [-0.4, -0.2) is 17.6 Å². The standard InChI is InChI=1S/C20H19ClN2O3/c1-12(24)13-6-4-7-15(9-13)23-20(26)17-10-16(17)19(25)22-11-14-5-2-3-8-18(14)21/h2-9,16-17H,10-11H2,1H3,(H,22,25)(H,23,26). The first-order valence-electron chi connectivity index (χ1n) is 8.38. The van der Waals surface area contributed by atoms with Crippen LogP contribution in [0.4, 0.5) is 5.69 Å². The van der Waals surface area contributed by atoms with Gasteiger partial charge in [0.2, 0.25) is 11.8 Å².